The van der Waals surface area contributed by atoms with Crippen LogP contribution < -0.4 is 4.90 Å². The van der Waals surface area contributed by atoms with Crippen molar-refractivity contribution in [2.75, 3.05) is 11.4 Å². The summed E-state index contributed by atoms with van der Waals surface area (Å²) in [5.74, 6) is -0.140. The van der Waals surface area contributed by atoms with Gasteiger partial charge in [0.25, 0.3) is 5.91 Å². The second-order valence-electron chi connectivity index (χ2n) is 5.70. The van der Waals surface area contributed by atoms with Crippen molar-refractivity contribution in [3.63, 3.8) is 0 Å². The van der Waals surface area contributed by atoms with Crippen LogP contribution in [-0.4, -0.2) is 22.5 Å². The molecule has 2 aromatic carbocycles. The fraction of sp³-hybridized carbons (Fsp3) is 0.158. The van der Waals surface area contributed by atoms with Crippen molar-refractivity contribution in [2.24, 2.45) is 0 Å². The van der Waals surface area contributed by atoms with Gasteiger partial charge in [-0.25, -0.2) is 0 Å². The molecule has 1 aliphatic heterocycles. The van der Waals surface area contributed by atoms with Gasteiger partial charge in [-0.2, -0.15) is 0 Å². The van der Waals surface area contributed by atoms with E-state index >= 15 is 0 Å². The first-order valence-corrected chi connectivity index (χ1v) is 8.98. The average Bonchev–Trinajstić information content (AvgIpc) is 2.81. The maximum absolute atomic E-state index is 12.8. The van der Waals surface area contributed by atoms with Crippen LogP contribution in [0, 0.1) is 6.92 Å². The Bertz CT molecular complexity index is 877. The molecule has 1 saturated heterocycles. The minimum absolute atomic E-state index is 0.140. The molecule has 3 rings (SSSR count). The average molecular weight is 391 g/mol. The number of rotatable bonds is 3. The van der Waals surface area contributed by atoms with Crippen LogP contribution in [0.5, 0.6) is 0 Å². The maximum Gasteiger partial charge on any atom is 0.277 e. The highest BCUT2D eigenvalue weighted by molar-refractivity contribution is 7.80. The van der Waals surface area contributed by atoms with Crippen LogP contribution in [0.25, 0.3) is 6.08 Å². The van der Waals surface area contributed by atoms with Crippen LogP contribution in [0.15, 0.2) is 48.2 Å². The number of anilines is 1. The molecule has 0 aromatic heterocycles. The van der Waals surface area contributed by atoms with Crippen molar-refractivity contribution < 1.29 is 4.79 Å². The number of thiocarbonyl (C=S) groups is 1. The number of likely N-dealkylation sites (N-methyl/N-ethyl adjacent to an activating group) is 1. The number of carbonyl (C=O) groups is 1. The second-order valence-corrected chi connectivity index (χ2v) is 6.91. The van der Waals surface area contributed by atoms with Gasteiger partial charge in [0.2, 0.25) is 0 Å². The standard InChI is InChI=1S/C19H16Cl2N2OS/c1-3-22-18(24)17(10-13-6-7-14(20)11-16(13)21)23(19(22)25)15-8-4-12(2)5-9-15/h4-11H,3H2,1-2H3. The number of amides is 1. The molecule has 128 valence electrons. The highest BCUT2D eigenvalue weighted by atomic mass is 35.5. The van der Waals surface area contributed by atoms with Gasteiger partial charge in [0.15, 0.2) is 5.11 Å². The molecule has 0 saturated carbocycles. The Hall–Kier alpha value is -1.88. The predicted molar refractivity (Wildman–Crippen MR) is 108 cm³/mol. The summed E-state index contributed by atoms with van der Waals surface area (Å²) in [4.78, 5) is 16.2. The molecule has 0 unspecified atom stereocenters. The summed E-state index contributed by atoms with van der Waals surface area (Å²) in [6, 6.07) is 13.1. The zero-order valence-corrected chi connectivity index (χ0v) is 16.1. The first kappa shape index (κ1) is 17.9. The molecule has 0 radical (unpaired) electrons. The lowest BCUT2D eigenvalue weighted by atomic mass is 10.1. The molecular weight excluding hydrogens is 375 g/mol. The lowest BCUT2D eigenvalue weighted by molar-refractivity contribution is -0.122. The second kappa shape index (κ2) is 7.16. The van der Waals surface area contributed by atoms with Crippen LogP contribution in [0.3, 0.4) is 0 Å². The summed E-state index contributed by atoms with van der Waals surface area (Å²) in [6.07, 6.45) is 1.75. The molecule has 0 aliphatic carbocycles. The Balaban J connectivity index is 2.12. The molecular formula is C19H16Cl2N2OS. The van der Waals surface area contributed by atoms with E-state index in [4.69, 9.17) is 35.4 Å². The minimum atomic E-state index is -0.140. The van der Waals surface area contributed by atoms with E-state index in [9.17, 15) is 4.79 Å². The van der Waals surface area contributed by atoms with E-state index in [-0.39, 0.29) is 5.91 Å². The van der Waals surface area contributed by atoms with E-state index in [0.29, 0.717) is 33.0 Å². The summed E-state index contributed by atoms with van der Waals surface area (Å²) < 4.78 is 0. The fourth-order valence-electron chi connectivity index (χ4n) is 2.66. The highest BCUT2D eigenvalue weighted by Gasteiger charge is 2.38. The number of hydrogen-bond acceptors (Lipinski definition) is 2. The number of nitrogens with zero attached hydrogens (tertiary/aromatic N) is 2. The lowest BCUT2D eigenvalue weighted by Gasteiger charge is -2.20. The van der Waals surface area contributed by atoms with Gasteiger partial charge in [0.1, 0.15) is 5.70 Å². The van der Waals surface area contributed by atoms with Crippen molar-refractivity contribution in [2.45, 2.75) is 13.8 Å². The van der Waals surface area contributed by atoms with Crippen molar-refractivity contribution in [1.29, 1.82) is 0 Å². The molecule has 0 bridgehead atoms. The van der Waals surface area contributed by atoms with Crippen LogP contribution in [0.1, 0.15) is 18.1 Å². The third-order valence-electron chi connectivity index (χ3n) is 3.99. The molecule has 3 nitrogen and oxygen atoms in total. The summed E-state index contributed by atoms with van der Waals surface area (Å²) in [7, 11) is 0. The fourth-order valence-corrected chi connectivity index (χ4v) is 3.54. The van der Waals surface area contributed by atoms with Gasteiger partial charge in [-0.15, -0.1) is 0 Å². The van der Waals surface area contributed by atoms with Gasteiger partial charge in [0.05, 0.1) is 0 Å². The molecule has 1 fully saturated rings. The first-order chi connectivity index (χ1) is 11.9. The Morgan fingerprint density at radius 2 is 1.80 bits per heavy atom. The SMILES string of the molecule is CCN1C(=O)C(=Cc2ccc(Cl)cc2Cl)N(c2ccc(C)cc2)C1=S. The van der Waals surface area contributed by atoms with Gasteiger partial charge in [-0.3, -0.25) is 14.6 Å². The highest BCUT2D eigenvalue weighted by Crippen LogP contribution is 2.32. The van der Waals surface area contributed by atoms with Gasteiger partial charge in [-0.05, 0) is 62.0 Å². The summed E-state index contributed by atoms with van der Waals surface area (Å²) in [5, 5.41) is 1.50. The van der Waals surface area contributed by atoms with E-state index < -0.39 is 0 Å². The Kier molecular flexibility index (Phi) is 5.13. The maximum atomic E-state index is 12.8. The number of carbonyl (C=O) groups excluding carboxylic acids is 1. The van der Waals surface area contributed by atoms with Gasteiger partial charge < -0.3 is 0 Å². The van der Waals surface area contributed by atoms with Gasteiger partial charge in [-0.1, -0.05) is 47.0 Å². The smallest absolute Gasteiger partial charge is 0.277 e. The zero-order chi connectivity index (χ0) is 18.1. The largest absolute Gasteiger partial charge is 0.283 e. The van der Waals surface area contributed by atoms with E-state index in [1.807, 2.05) is 38.1 Å². The lowest BCUT2D eigenvalue weighted by Crippen LogP contribution is -2.32. The van der Waals surface area contributed by atoms with Gasteiger partial charge in [0, 0.05) is 22.3 Å². The van der Waals surface area contributed by atoms with Crippen molar-refractivity contribution in [3.05, 3.63) is 69.3 Å². The molecule has 6 heteroatoms. The van der Waals surface area contributed by atoms with Gasteiger partial charge >= 0.3 is 0 Å². The minimum Gasteiger partial charge on any atom is -0.283 e. The Labute approximate surface area is 162 Å². The quantitative estimate of drug-likeness (QED) is 0.524. The predicted octanol–water partition coefficient (Wildman–Crippen LogP) is 5.30. The molecule has 1 heterocycles. The molecule has 1 aliphatic rings. The summed E-state index contributed by atoms with van der Waals surface area (Å²) >= 11 is 17.8. The van der Waals surface area contributed by atoms with Crippen molar-refractivity contribution in [1.82, 2.24) is 4.90 Å². The molecule has 0 N–H and O–H groups in total. The van der Waals surface area contributed by atoms with E-state index in [2.05, 4.69) is 0 Å². The van der Waals surface area contributed by atoms with Crippen LogP contribution in [-0.2, 0) is 4.79 Å². The van der Waals surface area contributed by atoms with E-state index in [1.54, 1.807) is 34.1 Å². The number of benzene rings is 2. The number of aryl methyl sites for hydroxylation is 1. The van der Waals surface area contributed by atoms with Crippen molar-refractivity contribution in [3.8, 4) is 0 Å². The third-order valence-corrected chi connectivity index (χ3v) is 4.96. The third kappa shape index (κ3) is 3.43. The van der Waals surface area contributed by atoms with E-state index in [1.165, 1.54) is 0 Å². The Morgan fingerprint density at radius 3 is 2.40 bits per heavy atom. The molecule has 0 atom stereocenters. The summed E-state index contributed by atoms with van der Waals surface area (Å²) in [6.45, 7) is 4.42. The summed E-state index contributed by atoms with van der Waals surface area (Å²) in [5.41, 5.74) is 3.17. The van der Waals surface area contributed by atoms with Crippen LogP contribution in [0.2, 0.25) is 10.0 Å². The number of hydrogen-bond donors (Lipinski definition) is 0. The Morgan fingerprint density at radius 1 is 1.12 bits per heavy atom. The van der Waals surface area contributed by atoms with Crippen LogP contribution >= 0.6 is 35.4 Å². The first-order valence-electron chi connectivity index (χ1n) is 7.81. The zero-order valence-electron chi connectivity index (χ0n) is 13.8. The monoisotopic (exact) mass is 390 g/mol. The molecule has 1 amide bonds. The molecule has 25 heavy (non-hydrogen) atoms. The van der Waals surface area contributed by atoms with Crippen LogP contribution in [0.4, 0.5) is 5.69 Å². The topological polar surface area (TPSA) is 23.6 Å². The molecule has 0 spiro atoms. The number of halogens is 2. The van der Waals surface area contributed by atoms with Crippen molar-refractivity contribution >= 4 is 58.2 Å². The normalized spacial score (nSPS) is 16.2. The molecule has 2 aromatic rings. The van der Waals surface area contributed by atoms with E-state index in [0.717, 1.165) is 11.3 Å².